The molecule has 3 nitrogen and oxygen atoms in total. The highest BCUT2D eigenvalue weighted by Gasteiger charge is 2.41. The molecule has 2 aliphatic heterocycles. The van der Waals surface area contributed by atoms with Gasteiger partial charge in [0.05, 0.1) is 16.7 Å². The number of nitrogens with one attached hydrogen (secondary N) is 1. The molecule has 3 rings (SSSR count). The summed E-state index contributed by atoms with van der Waals surface area (Å²) < 4.78 is 25.4. The van der Waals surface area contributed by atoms with Crippen LogP contribution in [0.15, 0.2) is 16.6 Å². The fraction of sp³-hybridized carbons (Fsp3) is 0.600. The predicted octanol–water partition coefficient (Wildman–Crippen LogP) is 3.65. The van der Waals surface area contributed by atoms with Crippen LogP contribution in [0, 0.1) is 12.7 Å². The van der Waals surface area contributed by atoms with Gasteiger partial charge in [0.1, 0.15) is 5.82 Å². The maximum Gasteiger partial charge on any atom is 0.137 e. The molecule has 1 N–H and O–H groups in total. The molecule has 2 aliphatic rings. The minimum absolute atomic E-state index is 0.110. The third-order valence-electron chi connectivity index (χ3n) is 4.19. The van der Waals surface area contributed by atoms with Gasteiger partial charge in [0, 0.05) is 31.4 Å². The van der Waals surface area contributed by atoms with Crippen LogP contribution < -0.4 is 5.32 Å². The van der Waals surface area contributed by atoms with Crippen molar-refractivity contribution in [1.29, 1.82) is 0 Å². The Morgan fingerprint density at radius 2 is 2.25 bits per heavy atom. The van der Waals surface area contributed by atoms with Gasteiger partial charge in [-0.1, -0.05) is 0 Å². The van der Waals surface area contributed by atoms with E-state index in [-0.39, 0.29) is 11.4 Å². The summed E-state index contributed by atoms with van der Waals surface area (Å²) >= 11 is 3.25. The van der Waals surface area contributed by atoms with Gasteiger partial charge in [-0.05, 0) is 53.4 Å². The van der Waals surface area contributed by atoms with Gasteiger partial charge < -0.3 is 14.8 Å². The molecule has 0 aromatic heterocycles. The van der Waals surface area contributed by atoms with Crippen molar-refractivity contribution in [3.8, 4) is 0 Å². The monoisotopic (exact) mass is 343 g/mol. The Labute approximate surface area is 127 Å². The van der Waals surface area contributed by atoms with E-state index in [0.29, 0.717) is 17.1 Å². The first-order chi connectivity index (χ1) is 9.58. The highest BCUT2D eigenvalue weighted by Crippen LogP contribution is 2.35. The maximum atomic E-state index is 13.5. The summed E-state index contributed by atoms with van der Waals surface area (Å²) in [5.74, 6) is -0.222. The van der Waals surface area contributed by atoms with Crippen LogP contribution in [-0.2, 0) is 9.47 Å². The molecule has 0 radical (unpaired) electrons. The maximum absolute atomic E-state index is 13.5. The van der Waals surface area contributed by atoms with Crippen LogP contribution in [0.25, 0.3) is 0 Å². The summed E-state index contributed by atoms with van der Waals surface area (Å²) in [5, 5.41) is 3.54. The average Bonchev–Trinajstić information content (AvgIpc) is 2.84. The Morgan fingerprint density at radius 1 is 1.40 bits per heavy atom. The molecule has 5 heteroatoms. The van der Waals surface area contributed by atoms with Gasteiger partial charge in [0.15, 0.2) is 0 Å². The Bertz CT molecular complexity index is 503. The highest BCUT2D eigenvalue weighted by atomic mass is 79.9. The van der Waals surface area contributed by atoms with Crippen LogP contribution in [0.5, 0.6) is 0 Å². The van der Waals surface area contributed by atoms with Crippen molar-refractivity contribution in [1.82, 2.24) is 0 Å². The average molecular weight is 344 g/mol. The molecule has 110 valence electrons. The van der Waals surface area contributed by atoms with E-state index in [0.717, 1.165) is 43.7 Å². The van der Waals surface area contributed by atoms with Crippen LogP contribution in [-0.4, -0.2) is 31.5 Å². The summed E-state index contributed by atoms with van der Waals surface area (Å²) in [4.78, 5) is 0. The third-order valence-corrected chi connectivity index (χ3v) is 4.79. The van der Waals surface area contributed by atoms with Crippen LogP contribution in [0.4, 0.5) is 10.1 Å². The number of halogens is 2. The molecular formula is C15H19BrFNO2. The van der Waals surface area contributed by atoms with Crippen molar-refractivity contribution in [3.63, 3.8) is 0 Å². The van der Waals surface area contributed by atoms with Gasteiger partial charge >= 0.3 is 0 Å². The second kappa shape index (κ2) is 5.62. The van der Waals surface area contributed by atoms with E-state index < -0.39 is 0 Å². The number of rotatable bonds is 2. The number of benzene rings is 1. The molecule has 2 heterocycles. The molecule has 1 aromatic carbocycles. The summed E-state index contributed by atoms with van der Waals surface area (Å²) in [7, 11) is 0. The number of aryl methyl sites for hydroxylation is 1. The molecule has 0 aliphatic carbocycles. The lowest BCUT2D eigenvalue weighted by Crippen LogP contribution is -2.45. The Hall–Kier alpha value is -0.650. The van der Waals surface area contributed by atoms with Crippen molar-refractivity contribution < 1.29 is 13.9 Å². The molecule has 0 bridgehead atoms. The van der Waals surface area contributed by atoms with Crippen LogP contribution in [0.2, 0.25) is 0 Å². The normalized spacial score (nSPS) is 29.9. The van der Waals surface area contributed by atoms with Gasteiger partial charge in [0.25, 0.3) is 0 Å². The SMILES string of the molecule is Cc1cc(F)c(Br)cc1NC1CCOC2(CCOC2)C1. The molecule has 2 fully saturated rings. The minimum atomic E-state index is -0.222. The van der Waals surface area contributed by atoms with Gasteiger partial charge in [-0.3, -0.25) is 0 Å². The second-order valence-corrected chi connectivity index (χ2v) is 6.60. The van der Waals surface area contributed by atoms with E-state index in [4.69, 9.17) is 9.47 Å². The van der Waals surface area contributed by atoms with Gasteiger partial charge in [-0.25, -0.2) is 4.39 Å². The van der Waals surface area contributed by atoms with Crippen molar-refractivity contribution in [2.45, 2.75) is 37.8 Å². The number of ether oxygens (including phenoxy) is 2. The fourth-order valence-electron chi connectivity index (χ4n) is 3.04. The largest absolute Gasteiger partial charge is 0.382 e. The van der Waals surface area contributed by atoms with Crippen molar-refractivity contribution in [3.05, 3.63) is 28.0 Å². The van der Waals surface area contributed by atoms with E-state index in [2.05, 4.69) is 21.2 Å². The lowest BCUT2D eigenvalue weighted by atomic mass is 9.89. The molecule has 1 spiro atoms. The fourth-order valence-corrected chi connectivity index (χ4v) is 3.38. The van der Waals surface area contributed by atoms with Gasteiger partial charge in [0.2, 0.25) is 0 Å². The second-order valence-electron chi connectivity index (χ2n) is 5.75. The Balaban J connectivity index is 1.73. The summed E-state index contributed by atoms with van der Waals surface area (Å²) in [6.45, 7) is 4.15. The molecule has 0 amide bonds. The molecule has 0 saturated carbocycles. The van der Waals surface area contributed by atoms with Crippen molar-refractivity contribution in [2.24, 2.45) is 0 Å². The molecule has 20 heavy (non-hydrogen) atoms. The van der Waals surface area contributed by atoms with Crippen molar-refractivity contribution in [2.75, 3.05) is 25.1 Å². The molecule has 1 aromatic rings. The molecule has 2 unspecified atom stereocenters. The van der Waals surface area contributed by atoms with Crippen LogP contribution >= 0.6 is 15.9 Å². The number of anilines is 1. The lowest BCUT2D eigenvalue weighted by molar-refractivity contribution is -0.0828. The zero-order chi connectivity index (χ0) is 14.2. The van der Waals surface area contributed by atoms with E-state index in [9.17, 15) is 4.39 Å². The summed E-state index contributed by atoms with van der Waals surface area (Å²) in [6, 6.07) is 3.72. The van der Waals surface area contributed by atoms with E-state index in [1.54, 1.807) is 6.07 Å². The van der Waals surface area contributed by atoms with E-state index in [1.807, 2.05) is 13.0 Å². The smallest absolute Gasteiger partial charge is 0.137 e. The van der Waals surface area contributed by atoms with Crippen molar-refractivity contribution >= 4 is 21.6 Å². The standard InChI is InChI=1S/C15H19BrFNO2/c1-10-6-13(17)12(16)7-14(10)18-11-2-4-20-15(8-11)3-5-19-9-15/h6-7,11,18H,2-5,8-9H2,1H3. The quantitative estimate of drug-likeness (QED) is 0.889. The van der Waals surface area contributed by atoms with Gasteiger partial charge in [-0.2, -0.15) is 0 Å². The first-order valence-corrected chi connectivity index (χ1v) is 7.81. The number of hydrogen-bond donors (Lipinski definition) is 1. The summed E-state index contributed by atoms with van der Waals surface area (Å²) in [5.41, 5.74) is 1.80. The predicted molar refractivity (Wildman–Crippen MR) is 79.6 cm³/mol. The zero-order valence-corrected chi connectivity index (χ0v) is 13.1. The lowest BCUT2D eigenvalue weighted by Gasteiger charge is -2.38. The van der Waals surface area contributed by atoms with Crippen LogP contribution in [0.3, 0.4) is 0 Å². The van der Waals surface area contributed by atoms with E-state index in [1.165, 1.54) is 0 Å². The molecule has 2 saturated heterocycles. The molecular weight excluding hydrogens is 325 g/mol. The van der Waals surface area contributed by atoms with E-state index >= 15 is 0 Å². The first-order valence-electron chi connectivity index (χ1n) is 7.02. The van der Waals surface area contributed by atoms with Gasteiger partial charge in [-0.15, -0.1) is 0 Å². The zero-order valence-electron chi connectivity index (χ0n) is 11.5. The highest BCUT2D eigenvalue weighted by molar-refractivity contribution is 9.10. The third kappa shape index (κ3) is 2.85. The minimum Gasteiger partial charge on any atom is -0.382 e. The van der Waals surface area contributed by atoms with Crippen LogP contribution in [0.1, 0.15) is 24.8 Å². The molecule has 2 atom stereocenters. The first kappa shape index (κ1) is 14.3. The summed E-state index contributed by atoms with van der Waals surface area (Å²) in [6.07, 6.45) is 2.88. The number of hydrogen-bond acceptors (Lipinski definition) is 3. The Morgan fingerprint density at radius 3 is 3.00 bits per heavy atom. The topological polar surface area (TPSA) is 30.5 Å². The Kier molecular flexibility index (Phi) is 4.02.